The van der Waals surface area contributed by atoms with Gasteiger partial charge in [0.05, 0.1) is 6.10 Å². The lowest BCUT2D eigenvalue weighted by Gasteiger charge is -2.12. The van der Waals surface area contributed by atoms with Crippen LogP contribution in [0.2, 0.25) is 0 Å². The van der Waals surface area contributed by atoms with Crippen molar-refractivity contribution >= 4 is 28.8 Å². The molecule has 1 unspecified atom stereocenters. The molecule has 2 amide bonds. The fraction of sp³-hybridized carbons (Fsp3) is 0.250. The van der Waals surface area contributed by atoms with Crippen LogP contribution in [-0.2, 0) is 16.0 Å². The quantitative estimate of drug-likeness (QED) is 0.739. The normalized spacial score (nSPS) is 11.7. The summed E-state index contributed by atoms with van der Waals surface area (Å²) in [5.74, 6) is -1.50. The van der Waals surface area contributed by atoms with Crippen molar-refractivity contribution in [3.63, 3.8) is 0 Å². The number of aliphatic hydroxyl groups excluding tert-OH is 1. The van der Waals surface area contributed by atoms with Gasteiger partial charge in [0.1, 0.15) is 0 Å². The molecule has 0 spiro atoms. The van der Waals surface area contributed by atoms with Gasteiger partial charge in [0.2, 0.25) is 0 Å². The highest BCUT2D eigenvalue weighted by molar-refractivity contribution is 7.07. The van der Waals surface area contributed by atoms with Crippen LogP contribution in [0.15, 0.2) is 41.1 Å². The van der Waals surface area contributed by atoms with Crippen molar-refractivity contribution in [1.29, 1.82) is 0 Å². The van der Waals surface area contributed by atoms with E-state index in [9.17, 15) is 14.7 Å². The molecule has 116 valence electrons. The Bertz CT molecular complexity index is 641. The number of rotatable bonds is 5. The molecule has 22 heavy (non-hydrogen) atoms. The van der Waals surface area contributed by atoms with Gasteiger partial charge in [-0.25, -0.2) is 0 Å². The van der Waals surface area contributed by atoms with Gasteiger partial charge in [-0.2, -0.15) is 11.3 Å². The van der Waals surface area contributed by atoms with Crippen molar-refractivity contribution < 1.29 is 14.7 Å². The molecule has 5 nitrogen and oxygen atoms in total. The molecule has 1 heterocycles. The molecular formula is C16H18N2O3S. The smallest absolute Gasteiger partial charge is 0.313 e. The van der Waals surface area contributed by atoms with Gasteiger partial charge in [-0.05, 0) is 40.4 Å². The molecule has 1 aromatic carbocycles. The second-order valence-electron chi connectivity index (χ2n) is 4.75. The van der Waals surface area contributed by atoms with E-state index in [2.05, 4.69) is 10.6 Å². The number of para-hydroxylation sites is 1. The highest BCUT2D eigenvalue weighted by Crippen LogP contribution is 2.16. The molecule has 0 saturated heterocycles. The molecule has 0 aliphatic carbocycles. The van der Waals surface area contributed by atoms with E-state index in [0.29, 0.717) is 5.69 Å². The zero-order valence-electron chi connectivity index (χ0n) is 12.2. The Morgan fingerprint density at radius 1 is 1.23 bits per heavy atom. The molecule has 1 atom stereocenters. The predicted octanol–water partition coefficient (Wildman–Crippen LogP) is 2.10. The Morgan fingerprint density at radius 2 is 2.00 bits per heavy atom. The third kappa shape index (κ3) is 4.16. The van der Waals surface area contributed by atoms with Gasteiger partial charge in [0, 0.05) is 12.2 Å². The van der Waals surface area contributed by atoms with Crippen LogP contribution < -0.4 is 10.6 Å². The van der Waals surface area contributed by atoms with Gasteiger partial charge in [-0.15, -0.1) is 0 Å². The van der Waals surface area contributed by atoms with Crippen molar-refractivity contribution in [3.8, 4) is 0 Å². The summed E-state index contributed by atoms with van der Waals surface area (Å²) in [6.45, 7) is 1.97. The number of hydrogen-bond donors (Lipinski definition) is 3. The van der Waals surface area contributed by atoms with Crippen LogP contribution in [0.3, 0.4) is 0 Å². The van der Waals surface area contributed by atoms with E-state index in [-0.39, 0.29) is 6.54 Å². The van der Waals surface area contributed by atoms with Crippen molar-refractivity contribution in [3.05, 3.63) is 52.2 Å². The SMILES string of the molecule is CCc1ccccc1NC(=O)C(=O)NCC(O)c1ccsc1. The van der Waals surface area contributed by atoms with Gasteiger partial charge in [-0.1, -0.05) is 25.1 Å². The van der Waals surface area contributed by atoms with E-state index in [1.165, 1.54) is 11.3 Å². The number of benzene rings is 1. The Labute approximate surface area is 133 Å². The van der Waals surface area contributed by atoms with Crippen LogP contribution in [0, 0.1) is 0 Å². The first kappa shape index (κ1) is 16.2. The molecule has 1 aromatic heterocycles. The van der Waals surface area contributed by atoms with Crippen LogP contribution in [0.5, 0.6) is 0 Å². The number of aryl methyl sites for hydroxylation is 1. The molecular weight excluding hydrogens is 300 g/mol. The number of thiophene rings is 1. The summed E-state index contributed by atoms with van der Waals surface area (Å²) >= 11 is 1.46. The molecule has 0 fully saturated rings. The van der Waals surface area contributed by atoms with E-state index in [1.54, 1.807) is 23.6 Å². The summed E-state index contributed by atoms with van der Waals surface area (Å²) in [5.41, 5.74) is 2.31. The molecule has 2 aromatic rings. The summed E-state index contributed by atoms with van der Waals surface area (Å²) in [7, 11) is 0. The van der Waals surface area contributed by atoms with Crippen LogP contribution >= 0.6 is 11.3 Å². The van der Waals surface area contributed by atoms with E-state index < -0.39 is 17.9 Å². The van der Waals surface area contributed by atoms with Crippen LogP contribution in [0.25, 0.3) is 0 Å². The zero-order valence-corrected chi connectivity index (χ0v) is 13.0. The average Bonchev–Trinajstić information content (AvgIpc) is 3.07. The van der Waals surface area contributed by atoms with Crippen LogP contribution in [-0.4, -0.2) is 23.5 Å². The molecule has 2 rings (SSSR count). The molecule has 0 radical (unpaired) electrons. The van der Waals surface area contributed by atoms with Gasteiger partial charge in [-0.3, -0.25) is 9.59 Å². The van der Waals surface area contributed by atoms with Crippen molar-refractivity contribution in [2.75, 3.05) is 11.9 Å². The minimum Gasteiger partial charge on any atom is -0.387 e. The fourth-order valence-electron chi connectivity index (χ4n) is 1.98. The minimum atomic E-state index is -0.814. The third-order valence-corrected chi connectivity index (χ3v) is 3.94. The maximum absolute atomic E-state index is 11.9. The highest BCUT2D eigenvalue weighted by Gasteiger charge is 2.16. The first-order valence-electron chi connectivity index (χ1n) is 6.99. The van der Waals surface area contributed by atoms with Gasteiger partial charge < -0.3 is 15.7 Å². The number of anilines is 1. The average molecular weight is 318 g/mol. The maximum atomic E-state index is 11.9. The predicted molar refractivity (Wildman–Crippen MR) is 86.7 cm³/mol. The van der Waals surface area contributed by atoms with E-state index in [0.717, 1.165) is 17.5 Å². The molecule has 0 aliphatic rings. The lowest BCUT2D eigenvalue weighted by Crippen LogP contribution is -2.37. The standard InChI is InChI=1S/C16H18N2O3S/c1-2-11-5-3-4-6-13(11)18-16(21)15(20)17-9-14(19)12-7-8-22-10-12/h3-8,10,14,19H,2,9H2,1H3,(H,17,20)(H,18,21). The zero-order chi connectivity index (χ0) is 15.9. The Morgan fingerprint density at radius 3 is 2.68 bits per heavy atom. The second-order valence-corrected chi connectivity index (χ2v) is 5.53. The Balaban J connectivity index is 1.88. The van der Waals surface area contributed by atoms with Gasteiger partial charge >= 0.3 is 11.8 Å². The topological polar surface area (TPSA) is 78.4 Å². The van der Waals surface area contributed by atoms with E-state index >= 15 is 0 Å². The van der Waals surface area contributed by atoms with Crippen molar-refractivity contribution in [2.24, 2.45) is 0 Å². The van der Waals surface area contributed by atoms with E-state index in [4.69, 9.17) is 0 Å². The number of carbonyl (C=O) groups excluding carboxylic acids is 2. The maximum Gasteiger partial charge on any atom is 0.313 e. The van der Waals surface area contributed by atoms with Crippen molar-refractivity contribution in [1.82, 2.24) is 5.32 Å². The number of carbonyl (C=O) groups is 2. The third-order valence-electron chi connectivity index (χ3n) is 3.24. The number of amides is 2. The number of aliphatic hydroxyl groups is 1. The lowest BCUT2D eigenvalue weighted by atomic mass is 10.1. The summed E-state index contributed by atoms with van der Waals surface area (Å²) in [5, 5.41) is 18.5. The Kier molecular flexibility index (Phi) is 5.68. The first-order valence-corrected chi connectivity index (χ1v) is 7.93. The Hall–Kier alpha value is -2.18. The second kappa shape index (κ2) is 7.72. The van der Waals surface area contributed by atoms with Gasteiger partial charge in [0.15, 0.2) is 0 Å². The molecule has 0 saturated carbocycles. The van der Waals surface area contributed by atoms with Gasteiger partial charge in [0.25, 0.3) is 0 Å². The van der Waals surface area contributed by atoms with E-state index in [1.807, 2.05) is 24.4 Å². The summed E-state index contributed by atoms with van der Waals surface area (Å²) < 4.78 is 0. The van der Waals surface area contributed by atoms with Crippen molar-refractivity contribution in [2.45, 2.75) is 19.4 Å². The number of nitrogens with one attached hydrogen (secondary N) is 2. The van der Waals surface area contributed by atoms with Crippen LogP contribution in [0.1, 0.15) is 24.2 Å². The minimum absolute atomic E-state index is 0.00158. The first-order chi connectivity index (χ1) is 10.6. The molecule has 0 bridgehead atoms. The monoisotopic (exact) mass is 318 g/mol. The lowest BCUT2D eigenvalue weighted by molar-refractivity contribution is -0.136. The summed E-state index contributed by atoms with van der Waals surface area (Å²) in [4.78, 5) is 23.7. The summed E-state index contributed by atoms with van der Waals surface area (Å²) in [6, 6.07) is 9.11. The fourth-order valence-corrected chi connectivity index (χ4v) is 2.69. The number of hydrogen-bond acceptors (Lipinski definition) is 4. The van der Waals surface area contributed by atoms with Crippen LogP contribution in [0.4, 0.5) is 5.69 Å². The molecule has 3 N–H and O–H groups in total. The largest absolute Gasteiger partial charge is 0.387 e. The highest BCUT2D eigenvalue weighted by atomic mass is 32.1. The molecule has 0 aliphatic heterocycles. The summed E-state index contributed by atoms with van der Waals surface area (Å²) in [6.07, 6.45) is -0.0551. The molecule has 6 heteroatoms.